The zero-order valence-electron chi connectivity index (χ0n) is 13.1. The molecule has 21 heavy (non-hydrogen) atoms. The molecule has 1 saturated carbocycles. The molecule has 6 heteroatoms. The number of nitrogens with two attached hydrogens (primary N) is 1. The average Bonchev–Trinajstić information content (AvgIpc) is 3.23. The summed E-state index contributed by atoms with van der Waals surface area (Å²) < 4.78 is 1.54. The average molecular weight is 313 g/mol. The van der Waals surface area contributed by atoms with Gasteiger partial charge in [0.15, 0.2) is 0 Å². The van der Waals surface area contributed by atoms with Crippen LogP contribution in [0.4, 0.5) is 5.69 Å². The number of anilines is 1. The Labute approximate surface area is 131 Å². The molecule has 0 bridgehead atoms. The van der Waals surface area contributed by atoms with E-state index in [1.807, 2.05) is 11.9 Å². The lowest BCUT2D eigenvalue weighted by Gasteiger charge is -2.23. The molecule has 118 valence electrons. The fourth-order valence-electron chi connectivity index (χ4n) is 2.27. The Kier molecular flexibility index (Phi) is 5.27. The van der Waals surface area contributed by atoms with Crippen molar-refractivity contribution in [3.05, 3.63) is 21.6 Å². The SMILES string of the molecule is CC(C)C(N)CCN(C)c1c(Cl)cnn(CC2CC2)c1=O. The number of hydrogen-bond donors (Lipinski definition) is 1. The van der Waals surface area contributed by atoms with E-state index in [1.54, 1.807) is 6.20 Å². The van der Waals surface area contributed by atoms with Crippen LogP contribution < -0.4 is 16.2 Å². The fourth-order valence-corrected chi connectivity index (χ4v) is 2.54. The van der Waals surface area contributed by atoms with E-state index in [4.69, 9.17) is 17.3 Å². The van der Waals surface area contributed by atoms with Gasteiger partial charge >= 0.3 is 0 Å². The zero-order chi connectivity index (χ0) is 15.6. The second kappa shape index (κ2) is 6.79. The lowest BCUT2D eigenvalue weighted by Crippen LogP contribution is -2.36. The summed E-state index contributed by atoms with van der Waals surface area (Å²) in [4.78, 5) is 14.4. The molecule has 2 N–H and O–H groups in total. The van der Waals surface area contributed by atoms with Crippen LogP contribution in [0.2, 0.25) is 5.02 Å². The maximum atomic E-state index is 12.5. The molecule has 5 nitrogen and oxygen atoms in total. The Morgan fingerprint density at radius 1 is 1.52 bits per heavy atom. The molecule has 0 spiro atoms. The third kappa shape index (κ3) is 4.20. The van der Waals surface area contributed by atoms with Crippen molar-refractivity contribution in [3.8, 4) is 0 Å². The molecule has 0 aromatic carbocycles. The van der Waals surface area contributed by atoms with Crippen molar-refractivity contribution in [2.24, 2.45) is 17.6 Å². The van der Waals surface area contributed by atoms with E-state index < -0.39 is 0 Å². The Balaban J connectivity index is 2.11. The Morgan fingerprint density at radius 2 is 2.19 bits per heavy atom. The summed E-state index contributed by atoms with van der Waals surface area (Å²) in [5.74, 6) is 1.03. The van der Waals surface area contributed by atoms with Crippen molar-refractivity contribution >= 4 is 17.3 Å². The molecule has 0 amide bonds. The molecular formula is C15H25ClN4O. The van der Waals surface area contributed by atoms with Crippen LogP contribution >= 0.6 is 11.6 Å². The van der Waals surface area contributed by atoms with E-state index in [0.717, 1.165) is 6.42 Å². The summed E-state index contributed by atoms with van der Waals surface area (Å²) >= 11 is 6.18. The predicted molar refractivity (Wildman–Crippen MR) is 86.9 cm³/mol. The van der Waals surface area contributed by atoms with E-state index >= 15 is 0 Å². The third-order valence-electron chi connectivity index (χ3n) is 4.14. The Hall–Kier alpha value is -1.07. The van der Waals surface area contributed by atoms with Gasteiger partial charge in [-0.1, -0.05) is 25.4 Å². The first-order chi connectivity index (χ1) is 9.90. The van der Waals surface area contributed by atoms with Gasteiger partial charge in [0.2, 0.25) is 0 Å². The van der Waals surface area contributed by atoms with Gasteiger partial charge in [0.1, 0.15) is 5.69 Å². The van der Waals surface area contributed by atoms with Crippen LogP contribution in [-0.2, 0) is 6.54 Å². The van der Waals surface area contributed by atoms with Gasteiger partial charge in [-0.05, 0) is 31.1 Å². The zero-order valence-corrected chi connectivity index (χ0v) is 13.8. The predicted octanol–water partition coefficient (Wildman–Crippen LogP) is 2.12. The molecule has 0 saturated heterocycles. The van der Waals surface area contributed by atoms with Crippen molar-refractivity contribution in [2.45, 2.75) is 45.7 Å². The van der Waals surface area contributed by atoms with Gasteiger partial charge in [-0.3, -0.25) is 4.79 Å². The summed E-state index contributed by atoms with van der Waals surface area (Å²) in [6.07, 6.45) is 4.77. The second-order valence-corrected chi connectivity index (χ2v) is 6.80. The normalized spacial score (nSPS) is 16.3. The number of rotatable bonds is 7. The van der Waals surface area contributed by atoms with Gasteiger partial charge in [-0.15, -0.1) is 0 Å². The molecule has 1 heterocycles. The number of halogens is 1. The second-order valence-electron chi connectivity index (χ2n) is 6.39. The monoisotopic (exact) mass is 312 g/mol. The number of nitrogens with zero attached hydrogens (tertiary/aromatic N) is 3. The molecule has 1 aromatic rings. The van der Waals surface area contributed by atoms with Gasteiger partial charge in [0, 0.05) is 26.2 Å². The van der Waals surface area contributed by atoms with Crippen LogP contribution in [0.5, 0.6) is 0 Å². The van der Waals surface area contributed by atoms with Gasteiger partial charge in [0.05, 0.1) is 11.2 Å². The van der Waals surface area contributed by atoms with Crippen molar-refractivity contribution < 1.29 is 0 Å². The molecule has 1 unspecified atom stereocenters. The van der Waals surface area contributed by atoms with Crippen molar-refractivity contribution in [1.29, 1.82) is 0 Å². The first-order valence-corrected chi connectivity index (χ1v) is 8.00. The van der Waals surface area contributed by atoms with Crippen molar-refractivity contribution in [2.75, 3.05) is 18.5 Å². The molecule has 2 rings (SSSR count). The van der Waals surface area contributed by atoms with E-state index in [-0.39, 0.29) is 11.6 Å². The van der Waals surface area contributed by atoms with E-state index in [1.165, 1.54) is 17.5 Å². The minimum atomic E-state index is -0.102. The highest BCUT2D eigenvalue weighted by Gasteiger charge is 2.24. The van der Waals surface area contributed by atoms with Gasteiger partial charge in [0.25, 0.3) is 5.56 Å². The molecule has 0 aliphatic heterocycles. The quantitative estimate of drug-likeness (QED) is 0.837. The maximum Gasteiger partial charge on any atom is 0.291 e. The third-order valence-corrected chi connectivity index (χ3v) is 4.41. The highest BCUT2D eigenvalue weighted by Crippen LogP contribution is 2.30. The molecule has 1 aromatic heterocycles. The van der Waals surface area contributed by atoms with Crippen LogP contribution in [-0.4, -0.2) is 29.4 Å². The Morgan fingerprint density at radius 3 is 2.76 bits per heavy atom. The van der Waals surface area contributed by atoms with Crippen LogP contribution in [0.25, 0.3) is 0 Å². The smallest absolute Gasteiger partial charge is 0.291 e. The highest BCUT2D eigenvalue weighted by molar-refractivity contribution is 6.33. The molecule has 1 fully saturated rings. The minimum absolute atomic E-state index is 0.102. The summed E-state index contributed by atoms with van der Waals surface area (Å²) in [5, 5.41) is 4.56. The summed E-state index contributed by atoms with van der Waals surface area (Å²) in [6.45, 7) is 5.61. The fraction of sp³-hybridized carbons (Fsp3) is 0.733. The van der Waals surface area contributed by atoms with Gasteiger partial charge < -0.3 is 10.6 Å². The Bertz CT molecular complexity index is 539. The van der Waals surface area contributed by atoms with Crippen LogP contribution in [0, 0.1) is 11.8 Å². The lowest BCUT2D eigenvalue weighted by molar-refractivity contribution is 0.465. The molecule has 0 radical (unpaired) electrons. The largest absolute Gasteiger partial charge is 0.369 e. The number of aromatic nitrogens is 2. The van der Waals surface area contributed by atoms with E-state index in [0.29, 0.717) is 35.6 Å². The molecule has 1 aliphatic carbocycles. The maximum absolute atomic E-state index is 12.5. The highest BCUT2D eigenvalue weighted by atomic mass is 35.5. The van der Waals surface area contributed by atoms with Crippen molar-refractivity contribution in [3.63, 3.8) is 0 Å². The van der Waals surface area contributed by atoms with E-state index in [9.17, 15) is 4.79 Å². The first-order valence-electron chi connectivity index (χ1n) is 7.62. The standard InChI is InChI=1S/C15H25ClN4O/c1-10(2)13(17)6-7-19(3)14-12(16)8-18-20(15(14)21)9-11-4-5-11/h8,10-11,13H,4-7,9,17H2,1-3H3. The topological polar surface area (TPSA) is 64.2 Å². The summed E-state index contributed by atoms with van der Waals surface area (Å²) in [7, 11) is 1.89. The number of hydrogen-bond acceptors (Lipinski definition) is 4. The van der Waals surface area contributed by atoms with E-state index in [2.05, 4.69) is 18.9 Å². The van der Waals surface area contributed by atoms with Crippen LogP contribution in [0.3, 0.4) is 0 Å². The van der Waals surface area contributed by atoms with Gasteiger partial charge in [-0.2, -0.15) is 5.10 Å². The minimum Gasteiger partial charge on any atom is -0.369 e. The first kappa shape index (κ1) is 16.3. The molecule has 1 aliphatic rings. The van der Waals surface area contributed by atoms with Gasteiger partial charge in [-0.25, -0.2) is 4.68 Å². The van der Waals surface area contributed by atoms with Crippen LogP contribution in [0.15, 0.2) is 11.0 Å². The summed E-state index contributed by atoms with van der Waals surface area (Å²) in [6, 6.07) is 0.127. The molecular weight excluding hydrogens is 288 g/mol. The summed E-state index contributed by atoms with van der Waals surface area (Å²) in [5.41, 5.74) is 6.50. The van der Waals surface area contributed by atoms with Crippen LogP contribution in [0.1, 0.15) is 33.1 Å². The molecule has 1 atom stereocenters. The lowest BCUT2D eigenvalue weighted by atomic mass is 10.0. The van der Waals surface area contributed by atoms with Crippen molar-refractivity contribution in [1.82, 2.24) is 9.78 Å².